The number of aliphatic hydroxyl groups excluding tert-OH is 2. The van der Waals surface area contributed by atoms with Crippen LogP contribution in [0.3, 0.4) is 0 Å². The second-order valence-corrected chi connectivity index (χ2v) is 8.05. The van der Waals surface area contributed by atoms with Gasteiger partial charge in [0.2, 0.25) is 0 Å². The Morgan fingerprint density at radius 3 is 1.60 bits per heavy atom. The van der Waals surface area contributed by atoms with Crippen molar-refractivity contribution in [1.29, 1.82) is 0 Å². The minimum absolute atomic E-state index is 0.113. The lowest BCUT2D eigenvalue weighted by Gasteiger charge is -2.16. The van der Waals surface area contributed by atoms with Crippen molar-refractivity contribution in [3.63, 3.8) is 0 Å². The van der Waals surface area contributed by atoms with Gasteiger partial charge >= 0.3 is 5.97 Å². The summed E-state index contributed by atoms with van der Waals surface area (Å²) >= 11 is 0. The molecule has 0 aromatic heterocycles. The van der Waals surface area contributed by atoms with E-state index in [4.69, 9.17) is 10.2 Å². The minimum atomic E-state index is -2.03. The highest BCUT2D eigenvalue weighted by Gasteiger charge is 2.29. The first kappa shape index (κ1) is 24.1. The average Bonchev–Trinajstić information content (AvgIpc) is 2.52. The number of hydrogen-bond acceptors (Lipinski definition) is 4. The SMILES string of the molecule is CC(C)CCCC(C)CCCC(C)CCCC(=O)C(O)C(O)C(=O)O. The predicted molar refractivity (Wildman–Crippen MR) is 99.4 cm³/mol. The van der Waals surface area contributed by atoms with Crippen molar-refractivity contribution in [3.05, 3.63) is 0 Å². The Morgan fingerprint density at radius 1 is 0.720 bits per heavy atom. The molecular weight excluding hydrogens is 320 g/mol. The fourth-order valence-electron chi connectivity index (χ4n) is 3.06. The van der Waals surface area contributed by atoms with Gasteiger partial charge in [-0.05, 0) is 24.2 Å². The molecule has 4 atom stereocenters. The van der Waals surface area contributed by atoms with E-state index in [0.717, 1.165) is 24.7 Å². The van der Waals surface area contributed by atoms with Gasteiger partial charge in [0, 0.05) is 6.42 Å². The van der Waals surface area contributed by atoms with E-state index in [9.17, 15) is 14.7 Å². The lowest BCUT2D eigenvalue weighted by Crippen LogP contribution is -2.39. The topological polar surface area (TPSA) is 94.8 Å². The maximum atomic E-state index is 11.6. The number of Topliss-reactive ketones (excluding diaryl/α,β-unsaturated/α-hetero) is 1. The smallest absolute Gasteiger partial charge is 0.335 e. The summed E-state index contributed by atoms with van der Waals surface area (Å²) in [4.78, 5) is 22.2. The zero-order chi connectivity index (χ0) is 19.4. The van der Waals surface area contributed by atoms with Crippen molar-refractivity contribution >= 4 is 11.8 Å². The Morgan fingerprint density at radius 2 is 1.16 bits per heavy atom. The van der Waals surface area contributed by atoms with Crippen LogP contribution >= 0.6 is 0 Å². The molecule has 0 saturated carbocycles. The molecule has 0 saturated heterocycles. The van der Waals surface area contributed by atoms with Crippen molar-refractivity contribution < 1.29 is 24.9 Å². The lowest BCUT2D eigenvalue weighted by atomic mass is 9.91. The molecule has 0 bridgehead atoms. The Kier molecular flexibility index (Phi) is 12.8. The van der Waals surface area contributed by atoms with Gasteiger partial charge in [0.05, 0.1) is 0 Å². The van der Waals surface area contributed by atoms with Crippen LogP contribution in [0, 0.1) is 17.8 Å². The molecule has 0 aromatic rings. The number of ketones is 1. The third kappa shape index (κ3) is 12.1. The molecule has 0 spiro atoms. The molecule has 0 amide bonds. The highest BCUT2D eigenvalue weighted by Crippen LogP contribution is 2.21. The first-order chi connectivity index (χ1) is 11.6. The van der Waals surface area contributed by atoms with Gasteiger partial charge in [-0.3, -0.25) is 4.79 Å². The van der Waals surface area contributed by atoms with Crippen LogP contribution in [0.5, 0.6) is 0 Å². The van der Waals surface area contributed by atoms with Crippen molar-refractivity contribution in [1.82, 2.24) is 0 Å². The minimum Gasteiger partial charge on any atom is -0.479 e. The second kappa shape index (κ2) is 13.3. The number of carboxylic acids is 1. The number of carboxylic acid groups (broad SMARTS) is 1. The fourth-order valence-corrected chi connectivity index (χ4v) is 3.06. The summed E-state index contributed by atoms with van der Waals surface area (Å²) in [6, 6.07) is 0. The van der Waals surface area contributed by atoms with Crippen LogP contribution < -0.4 is 0 Å². The Bertz CT molecular complexity index is 380. The molecule has 3 N–H and O–H groups in total. The summed E-state index contributed by atoms with van der Waals surface area (Å²) in [5, 5.41) is 27.2. The van der Waals surface area contributed by atoms with Gasteiger partial charge < -0.3 is 15.3 Å². The van der Waals surface area contributed by atoms with E-state index in [2.05, 4.69) is 27.7 Å². The van der Waals surface area contributed by atoms with Gasteiger partial charge in [-0.25, -0.2) is 4.79 Å². The van der Waals surface area contributed by atoms with E-state index in [1.165, 1.54) is 32.1 Å². The maximum absolute atomic E-state index is 11.6. The van der Waals surface area contributed by atoms with Gasteiger partial charge in [0.15, 0.2) is 11.9 Å². The number of rotatable bonds is 15. The van der Waals surface area contributed by atoms with Gasteiger partial charge in [-0.2, -0.15) is 0 Å². The number of aliphatic carboxylic acids is 1. The summed E-state index contributed by atoms with van der Waals surface area (Å²) < 4.78 is 0. The quantitative estimate of drug-likeness (QED) is 0.414. The average molecular weight is 359 g/mol. The Hall–Kier alpha value is -0.940. The van der Waals surface area contributed by atoms with Crippen LogP contribution in [0.15, 0.2) is 0 Å². The number of carbonyl (C=O) groups is 2. The van der Waals surface area contributed by atoms with E-state index in [1.54, 1.807) is 0 Å². The van der Waals surface area contributed by atoms with Crippen molar-refractivity contribution in [2.45, 2.75) is 97.7 Å². The molecule has 5 nitrogen and oxygen atoms in total. The van der Waals surface area contributed by atoms with Gasteiger partial charge in [-0.1, -0.05) is 72.6 Å². The van der Waals surface area contributed by atoms with Crippen LogP contribution in [0.25, 0.3) is 0 Å². The number of aliphatic hydroxyl groups is 2. The van der Waals surface area contributed by atoms with Crippen LogP contribution in [-0.4, -0.2) is 39.3 Å². The van der Waals surface area contributed by atoms with Gasteiger partial charge in [0.1, 0.15) is 6.10 Å². The first-order valence-electron chi connectivity index (χ1n) is 9.76. The van der Waals surface area contributed by atoms with Crippen molar-refractivity contribution in [2.75, 3.05) is 0 Å². The summed E-state index contributed by atoms with van der Waals surface area (Å²) in [5.74, 6) is -0.111. The Balaban J connectivity index is 3.78. The predicted octanol–water partition coefficient (Wildman–Crippen LogP) is 3.80. The molecule has 0 aliphatic carbocycles. The van der Waals surface area contributed by atoms with Crippen LogP contribution in [0.2, 0.25) is 0 Å². The second-order valence-electron chi connectivity index (χ2n) is 8.05. The summed E-state index contributed by atoms with van der Waals surface area (Å²) in [6.45, 7) is 9.01. The monoisotopic (exact) mass is 358 g/mol. The Labute approximate surface area is 152 Å². The van der Waals surface area contributed by atoms with Gasteiger partial charge in [-0.15, -0.1) is 0 Å². The zero-order valence-corrected chi connectivity index (χ0v) is 16.4. The van der Waals surface area contributed by atoms with E-state index in [-0.39, 0.29) is 6.42 Å². The van der Waals surface area contributed by atoms with E-state index < -0.39 is 24.0 Å². The normalized spacial score (nSPS) is 16.4. The van der Waals surface area contributed by atoms with E-state index in [0.29, 0.717) is 12.3 Å². The van der Waals surface area contributed by atoms with Crippen LogP contribution in [0.1, 0.15) is 85.5 Å². The molecule has 4 unspecified atom stereocenters. The molecule has 0 aliphatic rings. The first-order valence-corrected chi connectivity index (χ1v) is 9.76. The van der Waals surface area contributed by atoms with E-state index >= 15 is 0 Å². The maximum Gasteiger partial charge on any atom is 0.335 e. The molecule has 0 rings (SSSR count). The summed E-state index contributed by atoms with van der Waals surface area (Å²) in [5.41, 5.74) is 0. The lowest BCUT2D eigenvalue weighted by molar-refractivity contribution is -0.157. The molecular formula is C20H38O5. The largest absolute Gasteiger partial charge is 0.479 e. The zero-order valence-electron chi connectivity index (χ0n) is 16.4. The third-order valence-electron chi connectivity index (χ3n) is 4.87. The fraction of sp³-hybridized carbons (Fsp3) is 0.900. The molecule has 0 fully saturated rings. The third-order valence-corrected chi connectivity index (χ3v) is 4.87. The molecule has 148 valence electrons. The molecule has 5 heteroatoms. The number of carbonyl (C=O) groups excluding carboxylic acids is 1. The standard InChI is InChI=1S/C20H38O5/c1-14(2)8-5-9-15(3)10-6-11-16(4)12-7-13-17(21)18(22)19(23)20(24)25/h14-16,18-19,22-23H,5-13H2,1-4H3,(H,24,25). The van der Waals surface area contributed by atoms with E-state index in [1.807, 2.05) is 0 Å². The molecule has 25 heavy (non-hydrogen) atoms. The van der Waals surface area contributed by atoms with Crippen molar-refractivity contribution in [2.24, 2.45) is 17.8 Å². The molecule has 0 aliphatic heterocycles. The highest BCUT2D eigenvalue weighted by molar-refractivity contribution is 5.89. The van der Waals surface area contributed by atoms with Crippen LogP contribution in [-0.2, 0) is 9.59 Å². The molecule has 0 aromatic carbocycles. The molecule has 0 radical (unpaired) electrons. The molecule has 0 heterocycles. The highest BCUT2D eigenvalue weighted by atomic mass is 16.4. The van der Waals surface area contributed by atoms with Crippen molar-refractivity contribution in [3.8, 4) is 0 Å². The van der Waals surface area contributed by atoms with Gasteiger partial charge in [0.25, 0.3) is 0 Å². The summed E-state index contributed by atoms with van der Waals surface area (Å²) in [7, 11) is 0. The van der Waals surface area contributed by atoms with Crippen LogP contribution in [0.4, 0.5) is 0 Å². The number of hydrogen-bond donors (Lipinski definition) is 3. The summed E-state index contributed by atoms with van der Waals surface area (Å²) in [6.07, 6.45) is 5.23.